The van der Waals surface area contributed by atoms with E-state index in [0.29, 0.717) is 38.1 Å². The van der Waals surface area contributed by atoms with Crippen molar-refractivity contribution in [2.75, 3.05) is 62.7 Å². The highest BCUT2D eigenvalue weighted by Crippen LogP contribution is 2.24. The lowest BCUT2D eigenvalue weighted by molar-refractivity contribution is 0.0593. The number of aryl methyl sites for hydroxylation is 1. The fraction of sp³-hybridized carbons (Fsp3) is 0.476. The van der Waals surface area contributed by atoms with Crippen molar-refractivity contribution < 1.29 is 23.0 Å². The molecule has 14 heteroatoms. The third-order valence-electron chi connectivity index (χ3n) is 5.22. The van der Waals surface area contributed by atoms with E-state index in [1.54, 1.807) is 13.2 Å². The summed E-state index contributed by atoms with van der Waals surface area (Å²) in [5, 5.41) is 13.1. The zero-order chi connectivity index (χ0) is 24.8. The molecule has 3 N–H and O–H groups in total. The number of hydrogen-bond donors (Lipinski definition) is 3. The summed E-state index contributed by atoms with van der Waals surface area (Å²) < 4.78 is 44.1. The molecule has 4 heterocycles. The predicted molar refractivity (Wildman–Crippen MR) is 123 cm³/mol. The molecule has 2 atom stereocenters. The lowest BCUT2D eigenvalue weighted by Gasteiger charge is -2.35. The Balaban J connectivity index is 1.69. The predicted octanol–water partition coefficient (Wildman–Crippen LogP) is 1.97. The van der Waals surface area contributed by atoms with Gasteiger partial charge in [-0.05, 0) is 6.92 Å². The Morgan fingerprint density at radius 3 is 2.74 bits per heavy atom. The van der Waals surface area contributed by atoms with E-state index in [1.807, 2.05) is 11.8 Å². The van der Waals surface area contributed by atoms with Gasteiger partial charge in [-0.2, -0.15) is 20.1 Å². The number of methoxy groups -OCH3 is 2. The molecule has 35 heavy (non-hydrogen) atoms. The van der Waals surface area contributed by atoms with Crippen LogP contribution in [0.2, 0.25) is 0 Å². The first kappa shape index (κ1) is 24.6. The maximum atomic E-state index is 14.5. The molecule has 188 valence electrons. The van der Waals surface area contributed by atoms with Gasteiger partial charge in [-0.25, -0.2) is 8.78 Å². The van der Waals surface area contributed by atoms with Crippen LogP contribution in [0, 0.1) is 18.6 Å². The monoisotopic (exact) mass is 491 g/mol. The second-order valence-electron chi connectivity index (χ2n) is 7.89. The van der Waals surface area contributed by atoms with Gasteiger partial charge in [0.1, 0.15) is 17.3 Å². The number of nitrogens with one attached hydrogen (secondary N) is 3. The number of ether oxygens (including phenoxy) is 3. The molecule has 0 spiro atoms. The summed E-state index contributed by atoms with van der Waals surface area (Å²) in [6.45, 7) is 3.78. The Labute approximate surface area is 200 Å². The van der Waals surface area contributed by atoms with Gasteiger partial charge < -0.3 is 29.7 Å². The molecule has 3 aromatic heterocycles. The van der Waals surface area contributed by atoms with Gasteiger partial charge in [-0.1, -0.05) is 0 Å². The maximum Gasteiger partial charge on any atom is 0.235 e. The summed E-state index contributed by atoms with van der Waals surface area (Å²) in [6.07, 6.45) is 0.942. The van der Waals surface area contributed by atoms with E-state index >= 15 is 0 Å². The molecule has 0 aromatic carbocycles. The molecule has 0 bridgehead atoms. The lowest BCUT2D eigenvalue weighted by Crippen LogP contribution is -2.49. The van der Waals surface area contributed by atoms with Gasteiger partial charge in [-0.15, -0.1) is 0 Å². The van der Waals surface area contributed by atoms with Crippen molar-refractivity contribution in [3.63, 3.8) is 0 Å². The van der Waals surface area contributed by atoms with Crippen LogP contribution in [0.25, 0.3) is 0 Å². The number of halogens is 2. The minimum Gasteiger partial charge on any atom is -0.382 e. The number of rotatable bonds is 10. The van der Waals surface area contributed by atoms with Crippen LogP contribution in [0.1, 0.15) is 17.4 Å². The average Bonchev–Trinajstić information content (AvgIpc) is 3.23. The number of hydrogen-bond acceptors (Lipinski definition) is 11. The van der Waals surface area contributed by atoms with E-state index in [2.05, 4.69) is 40.8 Å². The topological polar surface area (TPSA) is 135 Å². The SMILES string of the molecule is COC[C@@H]1COCCN1c1nc(Nc2cc(C)[nH]n2)nc(N[C@@H](COC)c2ncc(F)cc2F)n1. The van der Waals surface area contributed by atoms with Gasteiger partial charge in [0.2, 0.25) is 17.8 Å². The average molecular weight is 492 g/mol. The van der Waals surface area contributed by atoms with Crippen molar-refractivity contribution in [1.29, 1.82) is 0 Å². The molecule has 0 radical (unpaired) electrons. The van der Waals surface area contributed by atoms with Crippen LogP contribution >= 0.6 is 0 Å². The zero-order valence-corrected chi connectivity index (χ0v) is 19.6. The van der Waals surface area contributed by atoms with E-state index in [-0.39, 0.29) is 30.2 Å². The number of aromatic nitrogens is 6. The van der Waals surface area contributed by atoms with Crippen LogP contribution in [-0.4, -0.2) is 83.4 Å². The second kappa shape index (κ2) is 11.3. The molecule has 12 nitrogen and oxygen atoms in total. The van der Waals surface area contributed by atoms with Crippen LogP contribution in [0.3, 0.4) is 0 Å². The quantitative estimate of drug-likeness (QED) is 0.384. The fourth-order valence-electron chi connectivity index (χ4n) is 3.65. The van der Waals surface area contributed by atoms with Crippen LogP contribution in [0.5, 0.6) is 0 Å². The van der Waals surface area contributed by atoms with E-state index in [4.69, 9.17) is 14.2 Å². The first-order valence-electron chi connectivity index (χ1n) is 10.9. The first-order chi connectivity index (χ1) is 17.0. The molecular formula is C21H27F2N9O3. The van der Waals surface area contributed by atoms with E-state index in [0.717, 1.165) is 18.0 Å². The van der Waals surface area contributed by atoms with Crippen LogP contribution in [0.15, 0.2) is 18.3 Å². The highest BCUT2D eigenvalue weighted by Gasteiger charge is 2.27. The molecule has 1 fully saturated rings. The van der Waals surface area contributed by atoms with Gasteiger partial charge in [0.25, 0.3) is 0 Å². The Hall–Kier alpha value is -3.49. The molecule has 1 saturated heterocycles. The van der Waals surface area contributed by atoms with Crippen molar-refractivity contribution in [3.8, 4) is 0 Å². The van der Waals surface area contributed by atoms with E-state index in [9.17, 15) is 8.78 Å². The second-order valence-corrected chi connectivity index (χ2v) is 7.89. The molecule has 4 rings (SSSR count). The van der Waals surface area contributed by atoms with Gasteiger partial charge in [0.05, 0.1) is 44.7 Å². The number of morpholine rings is 1. The third kappa shape index (κ3) is 6.15. The summed E-state index contributed by atoms with van der Waals surface area (Å²) in [4.78, 5) is 19.4. The molecule has 3 aromatic rings. The smallest absolute Gasteiger partial charge is 0.235 e. The molecule has 0 aliphatic carbocycles. The van der Waals surface area contributed by atoms with Crippen molar-refractivity contribution >= 4 is 23.7 Å². The zero-order valence-electron chi connectivity index (χ0n) is 19.6. The molecule has 0 unspecified atom stereocenters. The number of anilines is 4. The van der Waals surface area contributed by atoms with Crippen LogP contribution in [0.4, 0.5) is 32.4 Å². The number of nitrogens with zero attached hydrogens (tertiary/aromatic N) is 6. The van der Waals surface area contributed by atoms with Crippen LogP contribution < -0.4 is 15.5 Å². The number of pyridine rings is 1. The van der Waals surface area contributed by atoms with Gasteiger partial charge in [-0.3, -0.25) is 10.1 Å². The maximum absolute atomic E-state index is 14.5. The summed E-state index contributed by atoms with van der Waals surface area (Å²) in [7, 11) is 3.07. The Morgan fingerprint density at radius 1 is 1.20 bits per heavy atom. The summed E-state index contributed by atoms with van der Waals surface area (Å²) in [6, 6.07) is 1.65. The molecule has 0 amide bonds. The van der Waals surface area contributed by atoms with E-state index in [1.165, 1.54) is 7.11 Å². The summed E-state index contributed by atoms with van der Waals surface area (Å²) in [5.41, 5.74) is 0.822. The highest BCUT2D eigenvalue weighted by atomic mass is 19.1. The summed E-state index contributed by atoms with van der Waals surface area (Å²) in [5.74, 6) is -0.350. The minimum atomic E-state index is -0.812. The normalized spacial score (nSPS) is 16.8. The van der Waals surface area contributed by atoms with Gasteiger partial charge in [0, 0.05) is 38.6 Å². The molecular weight excluding hydrogens is 464 g/mol. The highest BCUT2D eigenvalue weighted by molar-refractivity contribution is 5.53. The largest absolute Gasteiger partial charge is 0.382 e. The minimum absolute atomic E-state index is 0.0295. The van der Waals surface area contributed by atoms with Gasteiger partial charge in [0.15, 0.2) is 5.82 Å². The Kier molecular flexibility index (Phi) is 7.94. The lowest BCUT2D eigenvalue weighted by atomic mass is 10.2. The molecule has 0 saturated carbocycles. The van der Waals surface area contributed by atoms with E-state index < -0.39 is 17.7 Å². The third-order valence-corrected chi connectivity index (χ3v) is 5.22. The van der Waals surface area contributed by atoms with Gasteiger partial charge >= 0.3 is 0 Å². The Morgan fingerprint density at radius 2 is 2.03 bits per heavy atom. The Bertz CT molecular complexity index is 1130. The fourth-order valence-corrected chi connectivity index (χ4v) is 3.65. The standard InChI is InChI=1S/C21H27F2N9O3/c1-12-6-17(31-30-12)26-20-27-19(25-16(11-34-3)18-15(23)7-13(22)8-24-18)28-21(29-20)32-4-5-35-10-14(32)9-33-2/h6-8,14,16H,4-5,9-11H2,1-3H3,(H3,25,26,27,28,29,30,31)/t14-,16+/m1/s1. The first-order valence-corrected chi connectivity index (χ1v) is 10.9. The molecule has 1 aliphatic rings. The van der Waals surface area contributed by atoms with Crippen LogP contribution in [-0.2, 0) is 14.2 Å². The van der Waals surface area contributed by atoms with Crippen molar-refractivity contribution in [2.45, 2.75) is 19.0 Å². The summed E-state index contributed by atoms with van der Waals surface area (Å²) >= 11 is 0. The van der Waals surface area contributed by atoms with Crippen molar-refractivity contribution in [3.05, 3.63) is 41.4 Å². The molecule has 1 aliphatic heterocycles. The van der Waals surface area contributed by atoms with Crippen molar-refractivity contribution in [2.24, 2.45) is 0 Å². The van der Waals surface area contributed by atoms with Crippen molar-refractivity contribution in [1.82, 2.24) is 30.1 Å². The number of H-pyrrole nitrogens is 1. The number of aromatic amines is 1.